The smallest absolute Gasteiger partial charge is 0.268 e. The molecule has 0 unspecified atom stereocenters. The number of carbonyl (C=O) groups excluding carboxylic acids is 2. The van der Waals surface area contributed by atoms with Gasteiger partial charge in [0, 0.05) is 6.20 Å². The van der Waals surface area contributed by atoms with Crippen LogP contribution in [0.25, 0.3) is 5.57 Å². The highest BCUT2D eigenvalue weighted by Gasteiger charge is 2.39. The van der Waals surface area contributed by atoms with Gasteiger partial charge in [0.25, 0.3) is 11.8 Å². The number of nitrogens with zero attached hydrogens (tertiary/aromatic N) is 2. The molecule has 3 rings (SSSR count). The molecule has 0 fully saturated rings. The summed E-state index contributed by atoms with van der Waals surface area (Å²) in [6.07, 6.45) is 1.66. The standard InChI is InChI=1S/C20H20N2O3S/c1-3-25-16-10-8-14(9-11-16)17-18(26-4-2)20(24)22(19(17)23)13-15-7-5-6-12-21-15/h5-12H,3-4,13H2,1-2H3. The van der Waals surface area contributed by atoms with E-state index in [1.165, 1.54) is 16.7 Å². The maximum absolute atomic E-state index is 13.0. The van der Waals surface area contributed by atoms with Gasteiger partial charge in [-0.05, 0) is 42.5 Å². The Bertz CT molecular complexity index is 832. The van der Waals surface area contributed by atoms with Crippen LogP contribution >= 0.6 is 11.8 Å². The van der Waals surface area contributed by atoms with E-state index in [4.69, 9.17) is 4.74 Å². The summed E-state index contributed by atoms with van der Waals surface area (Å²) in [5.41, 5.74) is 1.87. The first-order valence-electron chi connectivity index (χ1n) is 8.52. The number of aromatic nitrogens is 1. The molecule has 26 heavy (non-hydrogen) atoms. The number of ether oxygens (including phenoxy) is 1. The third-order valence-corrected chi connectivity index (χ3v) is 4.87. The van der Waals surface area contributed by atoms with Crippen molar-refractivity contribution in [1.29, 1.82) is 0 Å². The average Bonchev–Trinajstić information content (AvgIpc) is 2.89. The lowest BCUT2D eigenvalue weighted by molar-refractivity contribution is -0.137. The number of hydrogen-bond acceptors (Lipinski definition) is 5. The second-order valence-electron chi connectivity index (χ2n) is 5.61. The van der Waals surface area contributed by atoms with Crippen LogP contribution in [0.1, 0.15) is 25.1 Å². The molecule has 1 aromatic heterocycles. The van der Waals surface area contributed by atoms with Crippen molar-refractivity contribution >= 4 is 29.1 Å². The Hall–Kier alpha value is -2.60. The number of amides is 2. The molecule has 6 heteroatoms. The molecule has 0 bridgehead atoms. The van der Waals surface area contributed by atoms with Gasteiger partial charge in [-0.25, -0.2) is 0 Å². The normalized spacial score (nSPS) is 14.3. The van der Waals surface area contributed by atoms with Crippen molar-refractivity contribution in [2.75, 3.05) is 12.4 Å². The Morgan fingerprint density at radius 3 is 2.42 bits per heavy atom. The second-order valence-corrected chi connectivity index (χ2v) is 6.89. The van der Waals surface area contributed by atoms with Crippen molar-refractivity contribution in [2.24, 2.45) is 0 Å². The Labute approximate surface area is 157 Å². The molecule has 1 aromatic carbocycles. The van der Waals surface area contributed by atoms with Crippen LogP contribution in [-0.4, -0.2) is 34.1 Å². The third-order valence-electron chi connectivity index (χ3n) is 3.91. The summed E-state index contributed by atoms with van der Waals surface area (Å²) >= 11 is 1.40. The minimum Gasteiger partial charge on any atom is -0.494 e. The first kappa shape index (κ1) is 18.2. The molecule has 0 N–H and O–H groups in total. The monoisotopic (exact) mass is 368 g/mol. The molecule has 2 amide bonds. The number of rotatable bonds is 7. The minimum atomic E-state index is -0.277. The van der Waals surface area contributed by atoms with Crippen LogP contribution in [0.15, 0.2) is 53.6 Å². The highest BCUT2D eigenvalue weighted by atomic mass is 32.2. The summed E-state index contributed by atoms with van der Waals surface area (Å²) in [6.45, 7) is 4.63. The van der Waals surface area contributed by atoms with Gasteiger partial charge in [0.15, 0.2) is 0 Å². The van der Waals surface area contributed by atoms with Crippen molar-refractivity contribution < 1.29 is 14.3 Å². The number of carbonyl (C=O) groups is 2. The van der Waals surface area contributed by atoms with Crippen molar-refractivity contribution in [3.8, 4) is 5.75 Å². The summed E-state index contributed by atoms with van der Waals surface area (Å²) < 4.78 is 5.45. The topological polar surface area (TPSA) is 59.5 Å². The highest BCUT2D eigenvalue weighted by Crippen LogP contribution is 2.37. The molecule has 2 heterocycles. The van der Waals surface area contributed by atoms with E-state index in [-0.39, 0.29) is 18.4 Å². The zero-order chi connectivity index (χ0) is 18.5. The minimum absolute atomic E-state index is 0.173. The predicted molar refractivity (Wildman–Crippen MR) is 102 cm³/mol. The number of imide groups is 1. The fourth-order valence-corrected chi connectivity index (χ4v) is 3.64. The molecule has 2 aromatic rings. The van der Waals surface area contributed by atoms with Crippen molar-refractivity contribution in [2.45, 2.75) is 20.4 Å². The zero-order valence-corrected chi connectivity index (χ0v) is 15.6. The van der Waals surface area contributed by atoms with Crippen LogP contribution in [0.2, 0.25) is 0 Å². The SMILES string of the molecule is CCOc1ccc(C2=C(SCC)C(=O)N(Cc3ccccn3)C2=O)cc1. The maximum Gasteiger partial charge on any atom is 0.268 e. The Morgan fingerprint density at radius 1 is 1.04 bits per heavy atom. The number of benzene rings is 1. The molecule has 0 saturated heterocycles. The molecule has 0 radical (unpaired) electrons. The van der Waals surface area contributed by atoms with Gasteiger partial charge >= 0.3 is 0 Å². The average molecular weight is 368 g/mol. The summed E-state index contributed by atoms with van der Waals surface area (Å²) in [4.78, 5) is 31.8. The molecule has 0 aliphatic carbocycles. The molecule has 134 valence electrons. The van der Waals surface area contributed by atoms with Crippen LogP contribution < -0.4 is 4.74 Å². The van der Waals surface area contributed by atoms with Crippen LogP contribution in [0.4, 0.5) is 0 Å². The molecule has 1 aliphatic rings. The molecule has 1 aliphatic heterocycles. The lowest BCUT2D eigenvalue weighted by Crippen LogP contribution is -2.31. The van der Waals surface area contributed by atoms with E-state index >= 15 is 0 Å². The Balaban J connectivity index is 1.92. The summed E-state index contributed by atoms with van der Waals surface area (Å²) in [5.74, 6) is 0.924. The summed E-state index contributed by atoms with van der Waals surface area (Å²) in [5, 5.41) is 0. The lowest BCUT2D eigenvalue weighted by Gasteiger charge is -2.14. The summed E-state index contributed by atoms with van der Waals surface area (Å²) in [7, 11) is 0. The fraction of sp³-hybridized carbons (Fsp3) is 0.250. The molecule has 0 atom stereocenters. The first-order chi connectivity index (χ1) is 12.7. The van der Waals surface area contributed by atoms with E-state index in [1.54, 1.807) is 12.3 Å². The van der Waals surface area contributed by atoms with E-state index in [0.717, 1.165) is 11.3 Å². The van der Waals surface area contributed by atoms with Crippen molar-refractivity contribution in [3.63, 3.8) is 0 Å². The second kappa shape index (κ2) is 8.19. The van der Waals surface area contributed by atoms with E-state index in [2.05, 4.69) is 4.98 Å². The fourth-order valence-electron chi connectivity index (χ4n) is 2.77. The molecule has 5 nitrogen and oxygen atoms in total. The van der Waals surface area contributed by atoms with Crippen molar-refractivity contribution in [3.05, 3.63) is 64.8 Å². The molecular formula is C20H20N2O3S. The summed E-state index contributed by atoms with van der Waals surface area (Å²) in [6, 6.07) is 12.7. The first-order valence-corrected chi connectivity index (χ1v) is 9.50. The number of thioether (sulfide) groups is 1. The Kier molecular flexibility index (Phi) is 5.73. The third kappa shape index (κ3) is 3.65. The molecular weight excluding hydrogens is 348 g/mol. The van der Waals surface area contributed by atoms with Crippen LogP contribution in [-0.2, 0) is 16.1 Å². The molecule has 0 saturated carbocycles. The largest absolute Gasteiger partial charge is 0.494 e. The van der Waals surface area contributed by atoms with Gasteiger partial charge in [-0.2, -0.15) is 0 Å². The molecule has 0 spiro atoms. The van der Waals surface area contributed by atoms with Gasteiger partial charge in [-0.15, -0.1) is 11.8 Å². The lowest BCUT2D eigenvalue weighted by atomic mass is 10.1. The van der Waals surface area contributed by atoms with Gasteiger partial charge < -0.3 is 4.74 Å². The van der Waals surface area contributed by atoms with Crippen LogP contribution in [0, 0.1) is 0 Å². The predicted octanol–water partition coefficient (Wildman–Crippen LogP) is 3.51. The van der Waals surface area contributed by atoms with Crippen LogP contribution in [0.3, 0.4) is 0 Å². The number of hydrogen-bond donors (Lipinski definition) is 0. The highest BCUT2D eigenvalue weighted by molar-refractivity contribution is 8.04. The van der Waals surface area contributed by atoms with Gasteiger partial charge in [-0.1, -0.05) is 25.1 Å². The van der Waals surface area contributed by atoms with E-state index in [1.807, 2.05) is 50.2 Å². The van der Waals surface area contributed by atoms with E-state index in [9.17, 15) is 9.59 Å². The van der Waals surface area contributed by atoms with Gasteiger partial charge in [0.05, 0.1) is 29.3 Å². The quantitative estimate of drug-likeness (QED) is 0.700. The van der Waals surface area contributed by atoms with Crippen LogP contribution in [0.5, 0.6) is 5.75 Å². The van der Waals surface area contributed by atoms with E-state index in [0.29, 0.717) is 28.5 Å². The zero-order valence-electron chi connectivity index (χ0n) is 14.8. The van der Waals surface area contributed by atoms with Crippen molar-refractivity contribution in [1.82, 2.24) is 9.88 Å². The van der Waals surface area contributed by atoms with E-state index < -0.39 is 0 Å². The maximum atomic E-state index is 13.0. The Morgan fingerprint density at radius 2 is 1.81 bits per heavy atom. The number of pyridine rings is 1. The van der Waals surface area contributed by atoms with Gasteiger partial charge in [-0.3, -0.25) is 19.5 Å². The van der Waals surface area contributed by atoms with Gasteiger partial charge in [0.2, 0.25) is 0 Å². The van der Waals surface area contributed by atoms with Gasteiger partial charge in [0.1, 0.15) is 5.75 Å².